The third kappa shape index (κ3) is 23.8. The third-order valence-corrected chi connectivity index (χ3v) is 14.9. The molecular weight excluding hydrogens is 1230 g/mol. The van der Waals surface area contributed by atoms with E-state index < -0.39 is 120 Å². The zero-order valence-corrected chi connectivity index (χ0v) is 52.4. The molecule has 0 aliphatic rings. The summed E-state index contributed by atoms with van der Waals surface area (Å²) >= 11 is 8.43. The monoisotopic (exact) mass is 1310 g/mol. The van der Waals surface area contributed by atoms with Gasteiger partial charge in [0.15, 0.2) is 11.9 Å². The number of aromatic amines is 2. The summed E-state index contributed by atoms with van der Waals surface area (Å²) in [4.78, 5) is 157. The first-order valence-electron chi connectivity index (χ1n) is 29.2. The Labute approximate surface area is 540 Å². The van der Waals surface area contributed by atoms with Crippen LogP contribution in [0.4, 0.5) is 0 Å². The van der Waals surface area contributed by atoms with Crippen molar-refractivity contribution in [2.24, 2.45) is 38.7 Å². The number of aromatic nitrogens is 3. The molecule has 0 fully saturated rings. The molecule has 0 spiro atoms. The van der Waals surface area contributed by atoms with Crippen molar-refractivity contribution < 1.29 is 58.2 Å². The van der Waals surface area contributed by atoms with Crippen LogP contribution in [0.2, 0.25) is 0 Å². The largest absolute Gasteiger partial charge is 0.508 e. The van der Waals surface area contributed by atoms with Gasteiger partial charge in [-0.15, -0.1) is 0 Å². The van der Waals surface area contributed by atoms with Crippen LogP contribution in [0.1, 0.15) is 61.9 Å². The minimum atomic E-state index is -1.82. The molecule has 5 rings (SSSR count). The van der Waals surface area contributed by atoms with Gasteiger partial charge in [-0.2, -0.15) is 25.3 Å². The number of aromatic hydroxyl groups is 1. The van der Waals surface area contributed by atoms with Crippen molar-refractivity contribution in [3.8, 4) is 5.75 Å². The molecule has 0 saturated carbocycles. The lowest BCUT2D eigenvalue weighted by Crippen LogP contribution is -2.62. The van der Waals surface area contributed by atoms with Crippen molar-refractivity contribution in [1.82, 2.24) is 62.8 Å². The first kappa shape index (κ1) is 72.9. The number of imidazole rings is 1. The molecule has 23 N–H and O–H groups in total. The predicted molar refractivity (Wildman–Crippen MR) is 348 cm³/mol. The zero-order valence-electron chi connectivity index (χ0n) is 50.6. The fourth-order valence-electron chi connectivity index (χ4n) is 9.44. The molecule has 2 heterocycles. The molecule has 0 unspecified atom stereocenters. The Morgan fingerprint density at radius 1 is 0.522 bits per heavy atom. The molecule has 0 aliphatic carbocycles. The lowest BCUT2D eigenvalue weighted by molar-refractivity contribution is -0.137. The molecule has 10 atom stereocenters. The normalized spacial score (nSPS) is 14.3. The van der Waals surface area contributed by atoms with Crippen molar-refractivity contribution in [1.29, 1.82) is 0 Å². The summed E-state index contributed by atoms with van der Waals surface area (Å²) in [5.41, 5.74) is 30.5. The minimum Gasteiger partial charge on any atom is -0.508 e. The van der Waals surface area contributed by atoms with Gasteiger partial charge in [-0.05, 0) is 67.5 Å². The number of aliphatic hydroxyl groups is 1. The molecule has 31 nitrogen and oxygen atoms in total. The van der Waals surface area contributed by atoms with Gasteiger partial charge in [0.25, 0.3) is 0 Å². The van der Waals surface area contributed by atoms with Gasteiger partial charge < -0.3 is 96.7 Å². The number of thiol groups is 2. The molecule has 496 valence electrons. The number of nitrogens with zero attached hydrogens (tertiary/aromatic N) is 3. The van der Waals surface area contributed by atoms with Crippen LogP contribution in [-0.4, -0.2) is 181 Å². The number of hydrogen-bond acceptors (Lipinski definition) is 17. The third-order valence-electron chi connectivity index (χ3n) is 14.2. The summed E-state index contributed by atoms with van der Waals surface area (Å²) in [5.74, 6) is -9.84. The summed E-state index contributed by atoms with van der Waals surface area (Å²) in [6, 6.07) is 8.53. The maximum absolute atomic E-state index is 14.8. The number of guanidine groups is 2. The molecule has 0 radical (unpaired) electrons. The van der Waals surface area contributed by atoms with Crippen LogP contribution in [0, 0.1) is 0 Å². The number of nitrogens with two attached hydrogens (primary N) is 5. The number of hydrogen-bond donors (Lipinski definition) is 20. The quantitative estimate of drug-likeness (QED) is 0.00782. The van der Waals surface area contributed by atoms with E-state index in [2.05, 4.69) is 98.0 Å². The topological polar surface area (TPSA) is 519 Å². The highest BCUT2D eigenvalue weighted by Crippen LogP contribution is 2.20. The van der Waals surface area contributed by atoms with Crippen molar-refractivity contribution in [3.63, 3.8) is 0 Å². The van der Waals surface area contributed by atoms with Gasteiger partial charge >= 0.3 is 0 Å². The maximum Gasteiger partial charge on any atom is 0.245 e. The van der Waals surface area contributed by atoms with Gasteiger partial charge in [0.05, 0.1) is 12.4 Å². The van der Waals surface area contributed by atoms with Crippen LogP contribution in [0.25, 0.3) is 10.9 Å². The summed E-state index contributed by atoms with van der Waals surface area (Å²) in [6.45, 7) is 2.42. The average Bonchev–Trinajstić information content (AvgIpc) is 1.65. The van der Waals surface area contributed by atoms with Gasteiger partial charge in [0.1, 0.15) is 60.1 Å². The second-order valence-electron chi connectivity index (χ2n) is 21.5. The van der Waals surface area contributed by atoms with E-state index in [1.54, 1.807) is 54.7 Å². The molecule has 3 aromatic carbocycles. The fourth-order valence-corrected chi connectivity index (χ4v) is 9.97. The summed E-state index contributed by atoms with van der Waals surface area (Å²) in [5, 5.41) is 44.9. The zero-order chi connectivity index (χ0) is 67.4. The van der Waals surface area contributed by atoms with E-state index >= 15 is 0 Å². The Bertz CT molecular complexity index is 3360. The van der Waals surface area contributed by atoms with Gasteiger partial charge in [0.2, 0.25) is 59.1 Å². The van der Waals surface area contributed by atoms with E-state index in [9.17, 15) is 58.2 Å². The van der Waals surface area contributed by atoms with E-state index in [1.165, 1.54) is 38.5 Å². The first-order chi connectivity index (χ1) is 43.8. The highest BCUT2D eigenvalue weighted by atomic mass is 32.1. The molecule has 92 heavy (non-hydrogen) atoms. The SMILES string of the molecule is CC(=O)N[C@@H](Cc1ccc(O)cc1)C(=O)N[C@@H](CCCN=C(N)N)C(=O)N[C@@H](CS)C(=O)N[C@H](C(=O)N[C@@H](Cc1cnc[nH]1)C(=O)N[C@H](Cc1ccccc1)C(=O)N[C@@H](CCCN=C(N)N)C(=O)N[C@@H](Cc1c[nH]c2ccccc12)C(=O)N[C@@H](CS)C(N)=O)[C@@H](C)O. The summed E-state index contributed by atoms with van der Waals surface area (Å²) in [6.07, 6.45) is 2.08. The molecule has 0 saturated heterocycles. The number of rotatable bonds is 37. The molecular formula is C59H81N19O12S2. The van der Waals surface area contributed by atoms with Gasteiger partial charge in [-0.1, -0.05) is 60.7 Å². The van der Waals surface area contributed by atoms with Crippen LogP contribution in [-0.2, 0) is 73.6 Å². The number of phenols is 1. The van der Waals surface area contributed by atoms with Crippen molar-refractivity contribution in [3.05, 3.63) is 120 Å². The summed E-state index contributed by atoms with van der Waals surface area (Å²) < 4.78 is 0. The van der Waals surface area contributed by atoms with E-state index in [4.69, 9.17) is 28.7 Å². The van der Waals surface area contributed by atoms with E-state index in [0.29, 0.717) is 22.4 Å². The van der Waals surface area contributed by atoms with Crippen LogP contribution >= 0.6 is 25.3 Å². The number of amides is 10. The molecule has 33 heteroatoms. The van der Waals surface area contributed by atoms with Crippen LogP contribution in [0.3, 0.4) is 0 Å². The van der Waals surface area contributed by atoms with Crippen LogP contribution < -0.4 is 76.5 Å². The molecule has 0 aliphatic heterocycles. The second kappa shape index (κ2) is 36.7. The Balaban J connectivity index is 1.39. The smallest absolute Gasteiger partial charge is 0.245 e. The van der Waals surface area contributed by atoms with Crippen molar-refractivity contribution in [2.45, 2.75) is 126 Å². The molecule has 10 amide bonds. The number of H-pyrrole nitrogens is 2. The van der Waals surface area contributed by atoms with Crippen LogP contribution in [0.15, 0.2) is 108 Å². The Kier molecular flexibility index (Phi) is 29.1. The fraction of sp³-hybridized carbons (Fsp3) is 0.407. The number of fused-ring (bicyclic) bond motifs is 1. The Morgan fingerprint density at radius 2 is 0.967 bits per heavy atom. The number of carbonyl (C=O) groups is 10. The highest BCUT2D eigenvalue weighted by molar-refractivity contribution is 7.80. The lowest BCUT2D eigenvalue weighted by atomic mass is 10.0. The summed E-state index contributed by atoms with van der Waals surface area (Å²) in [7, 11) is 0. The number of primary amides is 1. The van der Waals surface area contributed by atoms with Gasteiger partial charge in [-0.3, -0.25) is 57.9 Å². The van der Waals surface area contributed by atoms with Crippen molar-refractivity contribution >= 4 is 107 Å². The van der Waals surface area contributed by atoms with Crippen LogP contribution in [0.5, 0.6) is 5.75 Å². The van der Waals surface area contributed by atoms with E-state index in [0.717, 1.165) is 10.9 Å². The second-order valence-corrected chi connectivity index (χ2v) is 22.2. The highest BCUT2D eigenvalue weighted by Gasteiger charge is 2.37. The number of benzene rings is 3. The Hall–Kier alpha value is -9.89. The molecule has 5 aromatic rings. The Morgan fingerprint density at radius 3 is 1.47 bits per heavy atom. The van der Waals surface area contributed by atoms with Crippen molar-refractivity contribution in [2.75, 3.05) is 24.6 Å². The number of aliphatic imine (C=N–C) groups is 2. The predicted octanol–water partition coefficient (Wildman–Crippen LogP) is -3.92. The minimum absolute atomic E-state index is 0.0103. The number of carbonyl (C=O) groups excluding carboxylic acids is 10. The van der Waals surface area contributed by atoms with E-state index in [1.807, 2.05) is 18.2 Å². The number of para-hydroxylation sites is 1. The lowest BCUT2D eigenvalue weighted by Gasteiger charge is -2.29. The molecule has 2 aromatic heterocycles. The molecule has 0 bridgehead atoms. The maximum atomic E-state index is 14.8. The number of phenolic OH excluding ortho intramolecular Hbond substituents is 1. The average molecular weight is 1310 g/mol. The number of aliphatic hydroxyl groups excluding tert-OH is 1. The standard InChI is InChI=1S/C59H81N19O12S2/c1-31(79)48(78-56(89)47(29-92)77-51(84)41(15-9-21-67-59(63)64)71-52(85)42(70-32(2)80)23-34-16-18-37(81)19-17-34)57(90)75-45(25-36-27-65-30-69-36)55(88)73-43(22-33-10-4-3-5-11-33)53(86)72-40(14-8-20-66-58(61)62)50(83)74-44(54(87)76-46(28-91)49(60)82)24-35-26-68-39-13-7-6-12-38(35)39/h3-7,10-13,16-19,26-27,30-31,40-48,68,79,81,91-92H,8-9,14-15,20-25,28-29H2,1-2H3,(H2,60,82)(H,65,69)(H,70,80)(H,71,85)(H,72,86)(H,73,88)(H,74,83)(H,75,90)(H,76,87)(H,77,84)(H,78,89)(H4,61,62,66)(H4,63,64,67)/t31-,40+,41+,42+,43-,44+,45+,46+,47+,48+/m1/s1. The van der Waals surface area contributed by atoms with E-state index in [-0.39, 0.29) is 93.6 Å². The van der Waals surface area contributed by atoms with Gasteiger partial charge in [0, 0.05) is 86.2 Å². The van der Waals surface area contributed by atoms with Gasteiger partial charge in [-0.25, -0.2) is 4.98 Å². The first-order valence-corrected chi connectivity index (χ1v) is 30.5. The number of nitrogens with one attached hydrogen (secondary N) is 11.